The fourth-order valence-electron chi connectivity index (χ4n) is 3.46. The molecule has 2 amide bonds. The Morgan fingerprint density at radius 3 is 2.38 bits per heavy atom. The zero-order chi connectivity index (χ0) is 21.2. The average Bonchev–Trinajstić information content (AvgIpc) is 2.67. The van der Waals surface area contributed by atoms with Crippen molar-refractivity contribution in [2.75, 3.05) is 17.8 Å². The van der Waals surface area contributed by atoms with E-state index in [9.17, 15) is 18.0 Å². The Morgan fingerprint density at radius 2 is 1.76 bits per heavy atom. The van der Waals surface area contributed by atoms with E-state index in [0.717, 1.165) is 5.56 Å². The van der Waals surface area contributed by atoms with Gasteiger partial charge in [0, 0.05) is 30.3 Å². The Bertz CT molecular complexity index is 1040. The fraction of sp³-hybridized carbons (Fsp3) is 0.333. The summed E-state index contributed by atoms with van der Waals surface area (Å²) in [4.78, 5) is 26.0. The molecule has 29 heavy (non-hydrogen) atoms. The molecule has 1 aliphatic heterocycles. The molecule has 2 aromatic carbocycles. The normalized spacial score (nSPS) is 15.2. The van der Waals surface area contributed by atoms with Crippen LogP contribution in [-0.4, -0.2) is 38.2 Å². The number of benzene rings is 2. The van der Waals surface area contributed by atoms with Crippen molar-refractivity contribution in [2.45, 2.75) is 31.6 Å². The number of nitrogens with zero attached hydrogens (tertiary/aromatic N) is 1. The summed E-state index contributed by atoms with van der Waals surface area (Å²) in [5.74, 6) is -0.799. The van der Waals surface area contributed by atoms with Crippen LogP contribution in [0.1, 0.15) is 34.3 Å². The Labute approximate surface area is 171 Å². The Hall–Kier alpha value is -2.87. The predicted octanol–water partition coefficient (Wildman–Crippen LogP) is 2.44. The molecule has 0 bridgehead atoms. The predicted molar refractivity (Wildman–Crippen MR) is 111 cm³/mol. The van der Waals surface area contributed by atoms with Gasteiger partial charge in [0.25, 0.3) is 15.9 Å². The molecule has 1 fully saturated rings. The smallest absolute Gasteiger partial charge is 0.261 e. The van der Waals surface area contributed by atoms with Crippen LogP contribution in [0.5, 0.6) is 0 Å². The van der Waals surface area contributed by atoms with Crippen LogP contribution in [-0.2, 0) is 14.8 Å². The second kappa shape index (κ2) is 8.24. The molecule has 1 aliphatic rings. The minimum Gasteiger partial charge on any atom is -0.369 e. The van der Waals surface area contributed by atoms with Crippen molar-refractivity contribution >= 4 is 27.5 Å². The van der Waals surface area contributed by atoms with E-state index in [1.54, 1.807) is 36.1 Å². The third-order valence-corrected chi connectivity index (χ3v) is 6.58. The van der Waals surface area contributed by atoms with Gasteiger partial charge in [-0.3, -0.25) is 14.3 Å². The van der Waals surface area contributed by atoms with Crippen LogP contribution in [0.4, 0.5) is 5.69 Å². The van der Waals surface area contributed by atoms with Crippen molar-refractivity contribution in [1.29, 1.82) is 0 Å². The number of sulfonamides is 1. The number of nitrogens with one attached hydrogen (secondary N) is 1. The van der Waals surface area contributed by atoms with E-state index in [-0.39, 0.29) is 22.6 Å². The summed E-state index contributed by atoms with van der Waals surface area (Å²) in [5.41, 5.74) is 7.79. The molecule has 154 valence electrons. The highest BCUT2D eigenvalue weighted by Crippen LogP contribution is 2.23. The van der Waals surface area contributed by atoms with E-state index in [4.69, 9.17) is 5.73 Å². The molecule has 0 radical (unpaired) electrons. The molecule has 0 saturated carbocycles. The van der Waals surface area contributed by atoms with Crippen LogP contribution in [0.15, 0.2) is 47.4 Å². The van der Waals surface area contributed by atoms with Crippen LogP contribution in [0.25, 0.3) is 0 Å². The van der Waals surface area contributed by atoms with Gasteiger partial charge >= 0.3 is 0 Å². The van der Waals surface area contributed by atoms with Gasteiger partial charge in [-0.1, -0.05) is 18.2 Å². The zero-order valence-corrected chi connectivity index (χ0v) is 17.3. The van der Waals surface area contributed by atoms with Gasteiger partial charge in [-0.15, -0.1) is 0 Å². The first-order valence-electron chi connectivity index (χ1n) is 9.46. The molecule has 7 nitrogen and oxygen atoms in total. The number of anilines is 1. The standard InChI is InChI=1S/C21H25N3O4S/c1-14-4-3-5-17(12-14)23-29(27,28)18-7-6-15(2)19(13-18)21(26)24-10-8-16(9-11-24)20(22)25/h3-7,12-13,16,23H,8-11H2,1-2H3,(H2,22,25). The number of hydrogen-bond acceptors (Lipinski definition) is 4. The summed E-state index contributed by atoms with van der Waals surface area (Å²) in [5, 5.41) is 0. The molecule has 1 heterocycles. The minimum atomic E-state index is -3.84. The molecule has 8 heteroatoms. The van der Waals surface area contributed by atoms with Gasteiger partial charge < -0.3 is 10.6 Å². The van der Waals surface area contributed by atoms with Crippen LogP contribution in [0, 0.1) is 19.8 Å². The third-order valence-electron chi connectivity index (χ3n) is 5.20. The van der Waals surface area contributed by atoms with Crippen molar-refractivity contribution < 1.29 is 18.0 Å². The number of carbonyl (C=O) groups excluding carboxylic acids is 2. The van der Waals surface area contributed by atoms with Crippen molar-refractivity contribution in [1.82, 2.24) is 4.90 Å². The van der Waals surface area contributed by atoms with Gasteiger partial charge in [0.2, 0.25) is 5.91 Å². The first-order valence-corrected chi connectivity index (χ1v) is 10.9. The van der Waals surface area contributed by atoms with Crippen LogP contribution < -0.4 is 10.5 Å². The van der Waals surface area contributed by atoms with Gasteiger partial charge in [0.15, 0.2) is 0 Å². The second-order valence-corrected chi connectivity index (χ2v) is 9.10. The lowest BCUT2D eigenvalue weighted by Crippen LogP contribution is -2.42. The summed E-state index contributed by atoms with van der Waals surface area (Å²) in [6.07, 6.45) is 1.04. The third kappa shape index (κ3) is 4.76. The molecule has 3 rings (SSSR count). The van der Waals surface area contributed by atoms with E-state index in [0.29, 0.717) is 42.7 Å². The Morgan fingerprint density at radius 1 is 1.07 bits per heavy atom. The Balaban J connectivity index is 1.82. The first-order chi connectivity index (χ1) is 13.7. The van der Waals surface area contributed by atoms with Gasteiger partial charge in [0.1, 0.15) is 0 Å². The second-order valence-electron chi connectivity index (χ2n) is 7.42. The van der Waals surface area contributed by atoms with E-state index in [1.807, 2.05) is 13.0 Å². The molecule has 1 saturated heterocycles. The number of piperidine rings is 1. The lowest BCUT2D eigenvalue weighted by molar-refractivity contribution is -0.123. The van der Waals surface area contributed by atoms with Crippen LogP contribution in [0.3, 0.4) is 0 Å². The minimum absolute atomic E-state index is 0.0278. The quantitative estimate of drug-likeness (QED) is 0.781. The number of carbonyl (C=O) groups is 2. The molecular weight excluding hydrogens is 390 g/mol. The van der Waals surface area contributed by atoms with Gasteiger partial charge in [-0.2, -0.15) is 0 Å². The summed E-state index contributed by atoms with van der Waals surface area (Å²) in [6.45, 7) is 4.49. The highest BCUT2D eigenvalue weighted by Gasteiger charge is 2.28. The maximum atomic E-state index is 13.0. The number of rotatable bonds is 5. The summed E-state index contributed by atoms with van der Waals surface area (Å²) >= 11 is 0. The van der Waals surface area contributed by atoms with E-state index >= 15 is 0 Å². The highest BCUT2D eigenvalue weighted by molar-refractivity contribution is 7.92. The number of nitrogens with two attached hydrogens (primary N) is 1. The number of primary amides is 1. The molecule has 0 spiro atoms. The van der Waals surface area contributed by atoms with Crippen molar-refractivity contribution in [3.05, 3.63) is 59.2 Å². The van der Waals surface area contributed by atoms with E-state index in [2.05, 4.69) is 4.72 Å². The van der Waals surface area contributed by atoms with E-state index < -0.39 is 10.0 Å². The van der Waals surface area contributed by atoms with Crippen molar-refractivity contribution in [3.8, 4) is 0 Å². The molecule has 3 N–H and O–H groups in total. The van der Waals surface area contributed by atoms with Gasteiger partial charge in [-0.05, 0) is 62.1 Å². The average molecular weight is 416 g/mol. The maximum absolute atomic E-state index is 13.0. The molecule has 0 atom stereocenters. The maximum Gasteiger partial charge on any atom is 0.261 e. The number of amides is 2. The Kier molecular flexibility index (Phi) is 5.93. The monoisotopic (exact) mass is 415 g/mol. The first kappa shape index (κ1) is 20.9. The van der Waals surface area contributed by atoms with Crippen molar-refractivity contribution in [2.24, 2.45) is 11.7 Å². The van der Waals surface area contributed by atoms with Crippen LogP contribution in [0.2, 0.25) is 0 Å². The zero-order valence-electron chi connectivity index (χ0n) is 16.5. The molecular formula is C21H25N3O4S. The van der Waals surface area contributed by atoms with Gasteiger partial charge in [0.05, 0.1) is 4.90 Å². The fourth-order valence-corrected chi connectivity index (χ4v) is 4.53. The molecule has 0 unspecified atom stereocenters. The lowest BCUT2D eigenvalue weighted by Gasteiger charge is -2.31. The number of aryl methyl sites for hydroxylation is 2. The summed E-state index contributed by atoms with van der Waals surface area (Å²) < 4.78 is 28.2. The topological polar surface area (TPSA) is 110 Å². The summed E-state index contributed by atoms with van der Waals surface area (Å²) in [7, 11) is -3.84. The van der Waals surface area contributed by atoms with E-state index in [1.165, 1.54) is 12.1 Å². The SMILES string of the molecule is Cc1cccc(NS(=O)(=O)c2ccc(C)c(C(=O)N3CCC(C(N)=O)CC3)c2)c1. The molecule has 0 aliphatic carbocycles. The highest BCUT2D eigenvalue weighted by atomic mass is 32.2. The number of hydrogen-bond donors (Lipinski definition) is 2. The lowest BCUT2D eigenvalue weighted by atomic mass is 9.95. The number of likely N-dealkylation sites (tertiary alicyclic amines) is 1. The molecule has 2 aromatic rings. The molecule has 0 aromatic heterocycles. The van der Waals surface area contributed by atoms with Crippen molar-refractivity contribution in [3.63, 3.8) is 0 Å². The summed E-state index contributed by atoms with van der Waals surface area (Å²) in [6, 6.07) is 11.6. The van der Waals surface area contributed by atoms with Gasteiger partial charge in [-0.25, -0.2) is 8.42 Å². The largest absolute Gasteiger partial charge is 0.369 e. The van der Waals surface area contributed by atoms with Crippen LogP contribution >= 0.6 is 0 Å².